The fourth-order valence-corrected chi connectivity index (χ4v) is 2.48. The normalized spacial score (nSPS) is 18.0. The average Bonchev–Trinajstić information content (AvgIpc) is 2.97. The Morgan fingerprint density at radius 3 is 3.05 bits per heavy atom. The van der Waals surface area contributed by atoms with Crippen LogP contribution in [-0.4, -0.2) is 23.4 Å². The van der Waals surface area contributed by atoms with Crippen LogP contribution in [0.15, 0.2) is 52.5 Å². The van der Waals surface area contributed by atoms with Crippen LogP contribution in [0.1, 0.15) is 18.4 Å². The highest BCUT2D eigenvalue weighted by molar-refractivity contribution is 7.80. The molecule has 1 aliphatic heterocycles. The number of carbonyl (C=O) groups excluding carboxylic acids is 1. The summed E-state index contributed by atoms with van der Waals surface area (Å²) in [7, 11) is 0. The second-order valence-electron chi connectivity index (χ2n) is 4.40. The molecule has 0 saturated heterocycles. The number of hydrogen-bond donors (Lipinski definition) is 1. The lowest BCUT2D eigenvalue weighted by Gasteiger charge is -2.29. The van der Waals surface area contributed by atoms with E-state index in [0.29, 0.717) is 27.4 Å². The molecule has 1 aromatic heterocycles. The predicted octanol–water partition coefficient (Wildman–Crippen LogP) is 2.46. The van der Waals surface area contributed by atoms with Crippen molar-refractivity contribution in [2.45, 2.75) is 12.8 Å². The predicted molar refractivity (Wildman–Crippen MR) is 82.9 cm³/mol. The minimum atomic E-state index is -0.584. The van der Waals surface area contributed by atoms with E-state index in [9.17, 15) is 10.2 Å². The highest BCUT2D eigenvalue weighted by atomic mass is 32.1. The Kier molecular flexibility index (Phi) is 4.52. The molecule has 1 N–H and O–H groups in total. The lowest BCUT2D eigenvalue weighted by Crippen LogP contribution is -2.35. The number of thiocarbonyl (C=S) groups is 1. The molecule has 1 unspecified atom stereocenters. The van der Waals surface area contributed by atoms with Crippen LogP contribution >= 0.6 is 12.2 Å². The maximum absolute atomic E-state index is 12.3. The summed E-state index contributed by atoms with van der Waals surface area (Å²) in [6.45, 7) is 5.32. The van der Waals surface area contributed by atoms with E-state index in [2.05, 4.69) is 17.8 Å². The Morgan fingerprint density at radius 2 is 2.48 bits per heavy atom. The largest absolute Gasteiger partial charge is 0.763 e. The monoisotopic (exact) mass is 301 g/mol. The molecule has 5 nitrogen and oxygen atoms in total. The molecule has 1 aromatic rings. The van der Waals surface area contributed by atoms with Gasteiger partial charge in [-0.2, -0.15) is 0 Å². The molecule has 0 amide bonds. The number of esters is 1. The molecule has 1 aliphatic rings. The van der Waals surface area contributed by atoms with E-state index in [1.165, 1.54) is 18.6 Å². The third kappa shape index (κ3) is 2.86. The van der Waals surface area contributed by atoms with E-state index in [0.717, 1.165) is 0 Å². The van der Waals surface area contributed by atoms with Gasteiger partial charge in [-0.05, 0) is 13.0 Å². The Balaban J connectivity index is 2.53. The van der Waals surface area contributed by atoms with Crippen molar-refractivity contribution >= 4 is 29.0 Å². The van der Waals surface area contributed by atoms with Gasteiger partial charge in [0.2, 0.25) is 0 Å². The number of furan rings is 1. The van der Waals surface area contributed by atoms with E-state index in [-0.39, 0.29) is 6.61 Å². The van der Waals surface area contributed by atoms with Crippen molar-refractivity contribution in [1.82, 2.24) is 5.32 Å². The third-order valence-corrected chi connectivity index (χ3v) is 3.40. The SMILES string of the molecule is C=CCOC(=O)C1=C(C)NC(=S)C(=C=[N-])C1c1ccoc1. The molecule has 0 bridgehead atoms. The number of allylic oxidation sites excluding steroid dienone is 1. The molecule has 0 spiro atoms. The van der Waals surface area contributed by atoms with Crippen molar-refractivity contribution in [2.24, 2.45) is 0 Å². The first-order chi connectivity index (χ1) is 10.1. The van der Waals surface area contributed by atoms with E-state index >= 15 is 0 Å². The first kappa shape index (κ1) is 15.0. The summed E-state index contributed by atoms with van der Waals surface area (Å²) in [5.41, 5.74) is 1.89. The van der Waals surface area contributed by atoms with Crippen LogP contribution in [-0.2, 0) is 9.53 Å². The molecule has 0 fully saturated rings. The second kappa shape index (κ2) is 6.35. The Bertz CT molecular complexity index is 667. The molecule has 0 aliphatic carbocycles. The van der Waals surface area contributed by atoms with Crippen LogP contribution in [0.5, 0.6) is 0 Å². The van der Waals surface area contributed by atoms with Crippen LogP contribution < -0.4 is 5.32 Å². The van der Waals surface area contributed by atoms with Gasteiger partial charge < -0.3 is 19.9 Å². The first-order valence-corrected chi connectivity index (χ1v) is 6.60. The zero-order chi connectivity index (χ0) is 15.4. The summed E-state index contributed by atoms with van der Waals surface area (Å²) in [6.07, 6.45) is 4.46. The van der Waals surface area contributed by atoms with Crippen molar-refractivity contribution in [2.75, 3.05) is 6.61 Å². The zero-order valence-corrected chi connectivity index (χ0v) is 12.2. The van der Waals surface area contributed by atoms with Gasteiger partial charge >= 0.3 is 5.97 Å². The van der Waals surface area contributed by atoms with Crippen LogP contribution in [0.3, 0.4) is 0 Å². The second-order valence-corrected chi connectivity index (χ2v) is 4.80. The number of ether oxygens (including phenoxy) is 1. The first-order valence-electron chi connectivity index (χ1n) is 6.19. The summed E-state index contributed by atoms with van der Waals surface area (Å²) in [5, 5.41) is 12.2. The van der Waals surface area contributed by atoms with Crippen molar-refractivity contribution < 1.29 is 13.9 Å². The quantitative estimate of drug-likeness (QED) is 0.304. The standard InChI is InChI=1S/C15H13N2O3S/c1-3-5-20-15(18)12-9(2)17-14(21)11(7-16)13(12)10-4-6-19-8-10/h3-4,6,8,13H,1,5H2,2H3,(H,17,21)/q-1. The maximum Gasteiger partial charge on any atom is 0.337 e. The number of nitrogens with one attached hydrogen (secondary N) is 1. The van der Waals surface area contributed by atoms with Gasteiger partial charge in [0.15, 0.2) is 0 Å². The van der Waals surface area contributed by atoms with E-state index in [4.69, 9.17) is 21.4 Å². The number of nitrogens with zero attached hydrogens (tertiary/aromatic N) is 1. The lowest BCUT2D eigenvalue weighted by atomic mass is 9.83. The molecule has 1 atom stereocenters. The van der Waals surface area contributed by atoms with Gasteiger partial charge in [0, 0.05) is 16.8 Å². The van der Waals surface area contributed by atoms with E-state index in [1.807, 2.05) is 0 Å². The van der Waals surface area contributed by atoms with Gasteiger partial charge in [-0.25, -0.2) is 4.79 Å². The Hall–Kier alpha value is -2.43. The summed E-state index contributed by atoms with van der Waals surface area (Å²) >= 11 is 5.18. The number of rotatable bonds is 4. The van der Waals surface area contributed by atoms with E-state index in [1.54, 1.807) is 13.0 Å². The molecule has 2 heterocycles. The third-order valence-electron chi connectivity index (χ3n) is 3.08. The van der Waals surface area contributed by atoms with Crippen LogP contribution in [0.25, 0.3) is 5.41 Å². The Labute approximate surface area is 127 Å². The zero-order valence-electron chi connectivity index (χ0n) is 11.4. The lowest BCUT2D eigenvalue weighted by molar-refractivity contribution is -0.138. The molecule has 21 heavy (non-hydrogen) atoms. The summed E-state index contributed by atoms with van der Waals surface area (Å²) < 4.78 is 10.2. The van der Waals surface area contributed by atoms with Gasteiger partial charge in [-0.3, -0.25) is 5.87 Å². The molecular formula is C15H13N2O3S-. The van der Waals surface area contributed by atoms with Gasteiger partial charge in [0.05, 0.1) is 24.0 Å². The molecule has 6 heteroatoms. The highest BCUT2D eigenvalue weighted by Gasteiger charge is 2.35. The highest BCUT2D eigenvalue weighted by Crippen LogP contribution is 2.36. The van der Waals surface area contributed by atoms with Gasteiger partial charge in [0.1, 0.15) is 11.6 Å². The summed E-state index contributed by atoms with van der Waals surface area (Å²) in [5.74, 6) is 0.967. The van der Waals surface area contributed by atoms with Crippen molar-refractivity contribution in [3.8, 4) is 0 Å². The van der Waals surface area contributed by atoms with Crippen LogP contribution in [0.4, 0.5) is 0 Å². The summed E-state index contributed by atoms with van der Waals surface area (Å²) in [6, 6.07) is 1.70. The molecule has 108 valence electrons. The fraction of sp³-hybridized carbons (Fsp3) is 0.200. The average molecular weight is 301 g/mol. The Morgan fingerprint density at radius 1 is 1.71 bits per heavy atom. The molecule has 0 radical (unpaired) electrons. The number of carbonyl (C=O) groups is 1. The molecule has 0 saturated carbocycles. The molecular weight excluding hydrogens is 288 g/mol. The molecule has 0 aromatic carbocycles. The van der Waals surface area contributed by atoms with Gasteiger partial charge in [-0.15, -0.1) is 0 Å². The minimum absolute atomic E-state index is 0.0973. The van der Waals surface area contributed by atoms with Crippen molar-refractivity contribution in [3.63, 3.8) is 0 Å². The summed E-state index contributed by atoms with van der Waals surface area (Å²) in [4.78, 5) is 12.6. The topological polar surface area (TPSA) is 73.8 Å². The fourth-order valence-electron chi connectivity index (χ4n) is 2.17. The molecule has 2 rings (SSSR count). The van der Waals surface area contributed by atoms with Gasteiger partial charge in [-0.1, -0.05) is 24.9 Å². The van der Waals surface area contributed by atoms with E-state index < -0.39 is 11.9 Å². The van der Waals surface area contributed by atoms with Crippen LogP contribution in [0.2, 0.25) is 0 Å². The van der Waals surface area contributed by atoms with Crippen molar-refractivity contribution in [1.29, 1.82) is 0 Å². The van der Waals surface area contributed by atoms with Crippen LogP contribution in [0, 0.1) is 0 Å². The van der Waals surface area contributed by atoms with Crippen molar-refractivity contribution in [3.05, 3.63) is 59.1 Å². The van der Waals surface area contributed by atoms with Gasteiger partial charge in [0.25, 0.3) is 0 Å². The minimum Gasteiger partial charge on any atom is -0.763 e. The maximum atomic E-state index is 12.3. The number of hydrogen-bond acceptors (Lipinski definition) is 4. The smallest absolute Gasteiger partial charge is 0.337 e.